The van der Waals surface area contributed by atoms with Crippen molar-refractivity contribution < 1.29 is 18.7 Å². The highest BCUT2D eigenvalue weighted by Gasteiger charge is 2.14. The highest BCUT2D eigenvalue weighted by Crippen LogP contribution is 2.16. The maximum Gasteiger partial charge on any atom is 0.328 e. The molecule has 1 amide bonds. The fourth-order valence-electron chi connectivity index (χ4n) is 1.40. The topological polar surface area (TPSA) is 55.4 Å². The predicted molar refractivity (Wildman–Crippen MR) is 77.4 cm³/mol. The first kappa shape index (κ1) is 16.4. The number of hydrogen-bond donors (Lipinski definition) is 1. The van der Waals surface area contributed by atoms with Crippen LogP contribution in [-0.2, 0) is 14.3 Å². The van der Waals surface area contributed by atoms with E-state index in [9.17, 15) is 14.0 Å². The van der Waals surface area contributed by atoms with Crippen LogP contribution in [0.2, 0.25) is 0 Å². The van der Waals surface area contributed by atoms with Gasteiger partial charge in [0.25, 0.3) is 0 Å². The first-order valence-electron chi connectivity index (χ1n) is 6.04. The number of carbonyl (C=O) groups is 2. The largest absolute Gasteiger partial charge is 0.464 e. The van der Waals surface area contributed by atoms with Crippen LogP contribution in [0.5, 0.6) is 0 Å². The van der Waals surface area contributed by atoms with Gasteiger partial charge in [0.15, 0.2) is 0 Å². The summed E-state index contributed by atoms with van der Waals surface area (Å²) >= 11 is 3.22. The molecule has 1 N–H and O–H groups in total. The molecule has 1 aromatic rings. The lowest BCUT2D eigenvalue weighted by molar-refractivity contribution is -0.146. The van der Waals surface area contributed by atoms with Crippen LogP contribution in [-0.4, -0.2) is 24.5 Å². The van der Waals surface area contributed by atoms with Crippen molar-refractivity contribution in [3.63, 3.8) is 0 Å². The van der Waals surface area contributed by atoms with E-state index in [-0.39, 0.29) is 12.2 Å². The first-order valence-corrected chi connectivity index (χ1v) is 6.83. The molecule has 1 aromatic carbocycles. The molecule has 0 aliphatic heterocycles. The predicted octanol–water partition coefficient (Wildman–Crippen LogP) is 2.67. The summed E-state index contributed by atoms with van der Waals surface area (Å²) in [5.74, 6) is -1.44. The van der Waals surface area contributed by atoms with Crippen LogP contribution < -0.4 is 5.32 Å². The number of ether oxygens (including phenoxy) is 1. The quantitative estimate of drug-likeness (QED) is 0.660. The molecule has 0 fully saturated rings. The Balaban J connectivity index is 2.64. The van der Waals surface area contributed by atoms with Crippen LogP contribution in [0.25, 0.3) is 6.08 Å². The van der Waals surface area contributed by atoms with Crippen molar-refractivity contribution in [3.05, 3.63) is 40.1 Å². The summed E-state index contributed by atoms with van der Waals surface area (Å²) in [7, 11) is 0. The summed E-state index contributed by atoms with van der Waals surface area (Å²) in [5, 5.41) is 2.43. The lowest BCUT2D eigenvalue weighted by Gasteiger charge is -2.10. The van der Waals surface area contributed by atoms with Crippen LogP contribution in [0.3, 0.4) is 0 Å². The number of esters is 1. The Kier molecular flexibility index (Phi) is 6.38. The minimum absolute atomic E-state index is 0.248. The molecule has 0 saturated heterocycles. The molecule has 0 spiro atoms. The van der Waals surface area contributed by atoms with Crippen LogP contribution in [0, 0.1) is 5.82 Å². The van der Waals surface area contributed by atoms with E-state index in [1.165, 1.54) is 25.1 Å². The highest BCUT2D eigenvalue weighted by atomic mass is 79.9. The third-order valence-electron chi connectivity index (χ3n) is 2.37. The lowest BCUT2D eigenvalue weighted by atomic mass is 10.2. The average Bonchev–Trinajstić information content (AvgIpc) is 2.40. The summed E-state index contributed by atoms with van der Waals surface area (Å²) in [6, 6.07) is 3.66. The molecule has 20 heavy (non-hydrogen) atoms. The van der Waals surface area contributed by atoms with Gasteiger partial charge in [0, 0.05) is 16.1 Å². The second kappa shape index (κ2) is 7.79. The zero-order valence-corrected chi connectivity index (χ0v) is 12.7. The second-order valence-corrected chi connectivity index (χ2v) is 4.90. The van der Waals surface area contributed by atoms with Gasteiger partial charge in [-0.25, -0.2) is 9.18 Å². The standard InChI is InChI=1S/C14H15BrFNO3/c1-3-20-14(19)9(2)17-13(18)7-4-10-8-11(15)5-6-12(10)16/h4-9H,3H2,1-2H3,(H,17,18). The summed E-state index contributed by atoms with van der Waals surface area (Å²) in [4.78, 5) is 22.9. The molecule has 6 heteroatoms. The van der Waals surface area contributed by atoms with Gasteiger partial charge in [-0.1, -0.05) is 15.9 Å². The fraction of sp³-hybridized carbons (Fsp3) is 0.286. The van der Waals surface area contributed by atoms with E-state index < -0.39 is 23.7 Å². The van der Waals surface area contributed by atoms with E-state index in [0.717, 1.165) is 0 Å². The maximum atomic E-state index is 13.4. The highest BCUT2D eigenvalue weighted by molar-refractivity contribution is 9.10. The number of nitrogens with one attached hydrogen (secondary N) is 1. The van der Waals surface area contributed by atoms with Gasteiger partial charge >= 0.3 is 5.97 Å². The molecule has 0 aliphatic rings. The maximum absolute atomic E-state index is 13.4. The molecular weight excluding hydrogens is 329 g/mol. The molecule has 1 rings (SSSR count). The third-order valence-corrected chi connectivity index (χ3v) is 2.86. The molecule has 0 radical (unpaired) electrons. The molecule has 0 saturated carbocycles. The normalized spacial score (nSPS) is 12.2. The Bertz CT molecular complexity index is 531. The number of halogens is 2. The Labute approximate surface area is 125 Å². The van der Waals surface area contributed by atoms with Crippen molar-refractivity contribution in [2.45, 2.75) is 19.9 Å². The van der Waals surface area contributed by atoms with Gasteiger partial charge in [0.05, 0.1) is 6.61 Å². The zero-order valence-electron chi connectivity index (χ0n) is 11.2. The van der Waals surface area contributed by atoms with E-state index in [0.29, 0.717) is 4.47 Å². The Hall–Kier alpha value is -1.69. The minimum atomic E-state index is -0.751. The number of carbonyl (C=O) groups excluding carboxylic acids is 2. The summed E-state index contributed by atoms with van der Waals surface area (Å²) in [6.07, 6.45) is 2.51. The molecule has 108 valence electrons. The van der Waals surface area contributed by atoms with Crippen LogP contribution in [0.4, 0.5) is 4.39 Å². The SMILES string of the molecule is CCOC(=O)C(C)NC(=O)C=Cc1cc(Br)ccc1F. The van der Waals surface area contributed by atoms with Gasteiger partial charge < -0.3 is 10.1 Å². The average molecular weight is 344 g/mol. The Morgan fingerprint density at radius 2 is 2.20 bits per heavy atom. The third kappa shape index (κ3) is 5.13. The smallest absolute Gasteiger partial charge is 0.328 e. The van der Waals surface area contributed by atoms with Crippen LogP contribution >= 0.6 is 15.9 Å². The summed E-state index contributed by atoms with van der Waals surface area (Å²) in [5.41, 5.74) is 0.276. The monoisotopic (exact) mass is 343 g/mol. The second-order valence-electron chi connectivity index (χ2n) is 3.98. The Morgan fingerprint density at radius 1 is 1.50 bits per heavy atom. The Morgan fingerprint density at radius 3 is 2.85 bits per heavy atom. The fourth-order valence-corrected chi connectivity index (χ4v) is 1.77. The number of rotatable bonds is 5. The molecule has 1 atom stereocenters. The van der Waals surface area contributed by atoms with Gasteiger partial charge in [0.2, 0.25) is 5.91 Å². The number of amides is 1. The van der Waals surface area contributed by atoms with Gasteiger partial charge in [-0.15, -0.1) is 0 Å². The van der Waals surface area contributed by atoms with Gasteiger partial charge in [-0.3, -0.25) is 4.79 Å². The van der Waals surface area contributed by atoms with Gasteiger partial charge in [0.1, 0.15) is 11.9 Å². The van der Waals surface area contributed by atoms with Crippen molar-refractivity contribution in [3.8, 4) is 0 Å². The van der Waals surface area contributed by atoms with E-state index in [1.807, 2.05) is 0 Å². The molecular formula is C14H15BrFNO3. The van der Waals surface area contributed by atoms with Crippen molar-refractivity contribution in [2.24, 2.45) is 0 Å². The van der Waals surface area contributed by atoms with Crippen molar-refractivity contribution >= 4 is 33.9 Å². The first-order chi connectivity index (χ1) is 9.43. The molecule has 0 aromatic heterocycles. The van der Waals surface area contributed by atoms with Gasteiger partial charge in [-0.05, 0) is 38.1 Å². The molecule has 0 heterocycles. The van der Waals surface area contributed by atoms with Crippen LogP contribution in [0.1, 0.15) is 19.4 Å². The molecule has 1 unspecified atom stereocenters. The number of benzene rings is 1. The van der Waals surface area contributed by atoms with E-state index in [2.05, 4.69) is 21.2 Å². The molecule has 0 bridgehead atoms. The summed E-state index contributed by atoms with van der Waals surface area (Å²) < 4.78 is 18.9. The lowest BCUT2D eigenvalue weighted by Crippen LogP contribution is -2.38. The van der Waals surface area contributed by atoms with Crippen molar-refractivity contribution in [1.82, 2.24) is 5.32 Å². The van der Waals surface area contributed by atoms with Crippen LogP contribution in [0.15, 0.2) is 28.7 Å². The molecule has 0 aliphatic carbocycles. The zero-order chi connectivity index (χ0) is 15.1. The van der Waals surface area contributed by atoms with E-state index >= 15 is 0 Å². The summed E-state index contributed by atoms with van der Waals surface area (Å²) in [6.45, 7) is 3.45. The van der Waals surface area contributed by atoms with Gasteiger partial charge in [-0.2, -0.15) is 0 Å². The molecule has 4 nitrogen and oxygen atoms in total. The van der Waals surface area contributed by atoms with Crippen molar-refractivity contribution in [2.75, 3.05) is 6.61 Å². The van der Waals surface area contributed by atoms with E-state index in [1.54, 1.807) is 19.1 Å². The van der Waals surface area contributed by atoms with E-state index in [4.69, 9.17) is 4.74 Å². The minimum Gasteiger partial charge on any atom is -0.464 e. The number of hydrogen-bond acceptors (Lipinski definition) is 3. The van der Waals surface area contributed by atoms with Crippen molar-refractivity contribution in [1.29, 1.82) is 0 Å².